The molecule has 1 aliphatic heterocycles. The second-order valence-corrected chi connectivity index (χ2v) is 5.23. The summed E-state index contributed by atoms with van der Waals surface area (Å²) >= 11 is 6.30. The highest BCUT2D eigenvalue weighted by atomic mass is 35.5. The smallest absolute Gasteiger partial charge is 0.224 e. The highest BCUT2D eigenvalue weighted by Crippen LogP contribution is 2.30. The normalized spacial score (nSPS) is 14.2. The molecule has 1 aliphatic rings. The number of aryl methyl sites for hydroxylation is 1. The van der Waals surface area contributed by atoms with Crippen molar-refractivity contribution in [2.24, 2.45) is 0 Å². The van der Waals surface area contributed by atoms with Crippen molar-refractivity contribution >= 4 is 35.3 Å². The minimum Gasteiger partial charge on any atom is -0.326 e. The number of hydrogen-bond donors (Lipinski definition) is 1. The van der Waals surface area contributed by atoms with E-state index in [1.807, 2.05) is 54.6 Å². The maximum Gasteiger partial charge on any atom is 0.224 e. The van der Waals surface area contributed by atoms with Crippen molar-refractivity contribution in [3.05, 3.63) is 64.2 Å². The zero-order valence-electron chi connectivity index (χ0n) is 10.9. The maximum absolute atomic E-state index is 11.4. The molecule has 1 amide bonds. The number of halogens is 1. The molecule has 0 saturated heterocycles. The third kappa shape index (κ3) is 2.75. The van der Waals surface area contributed by atoms with Gasteiger partial charge in [0.15, 0.2) is 0 Å². The predicted molar refractivity (Wildman–Crippen MR) is 83.8 cm³/mol. The van der Waals surface area contributed by atoms with Crippen LogP contribution in [0, 0.1) is 0 Å². The first kappa shape index (κ1) is 12.9. The standard InChI is InChI=1S/C17H14ClNO/c18-15-10-14-8-9-17(20)19-16(14)11-13(15)7-6-12-4-2-1-3-5-12/h1-7,10-11H,8-9H2,(H,19,20). The summed E-state index contributed by atoms with van der Waals surface area (Å²) in [6.45, 7) is 0. The van der Waals surface area contributed by atoms with E-state index in [9.17, 15) is 4.79 Å². The average molecular weight is 284 g/mol. The molecule has 0 atom stereocenters. The Morgan fingerprint density at radius 3 is 2.65 bits per heavy atom. The first-order valence-corrected chi connectivity index (χ1v) is 6.95. The highest BCUT2D eigenvalue weighted by molar-refractivity contribution is 6.32. The van der Waals surface area contributed by atoms with Crippen LogP contribution in [-0.4, -0.2) is 5.91 Å². The van der Waals surface area contributed by atoms with Gasteiger partial charge in [-0.15, -0.1) is 0 Å². The van der Waals surface area contributed by atoms with E-state index in [-0.39, 0.29) is 5.91 Å². The quantitative estimate of drug-likeness (QED) is 0.814. The summed E-state index contributed by atoms with van der Waals surface area (Å²) < 4.78 is 0. The zero-order chi connectivity index (χ0) is 13.9. The van der Waals surface area contributed by atoms with Crippen molar-refractivity contribution in [3.63, 3.8) is 0 Å². The van der Waals surface area contributed by atoms with E-state index in [1.165, 1.54) is 0 Å². The molecule has 1 heterocycles. The van der Waals surface area contributed by atoms with Gasteiger partial charge in [-0.05, 0) is 35.2 Å². The Bertz CT molecular complexity index is 677. The van der Waals surface area contributed by atoms with E-state index < -0.39 is 0 Å². The Kier molecular flexibility index (Phi) is 3.57. The lowest BCUT2D eigenvalue weighted by molar-refractivity contribution is -0.116. The Morgan fingerprint density at radius 1 is 1.05 bits per heavy atom. The molecule has 0 unspecified atom stereocenters. The van der Waals surface area contributed by atoms with Crippen molar-refractivity contribution in [1.82, 2.24) is 0 Å². The van der Waals surface area contributed by atoms with Crippen LogP contribution in [0.2, 0.25) is 5.02 Å². The molecular weight excluding hydrogens is 270 g/mol. The largest absolute Gasteiger partial charge is 0.326 e. The number of amides is 1. The first-order chi connectivity index (χ1) is 9.72. The molecular formula is C17H14ClNO. The van der Waals surface area contributed by atoms with Crippen LogP contribution < -0.4 is 5.32 Å². The summed E-state index contributed by atoms with van der Waals surface area (Å²) in [6.07, 6.45) is 5.27. The van der Waals surface area contributed by atoms with Crippen LogP contribution in [0.3, 0.4) is 0 Å². The molecule has 3 rings (SSSR count). The number of nitrogens with one attached hydrogen (secondary N) is 1. The Labute approximate surface area is 123 Å². The number of carbonyl (C=O) groups excluding carboxylic acids is 1. The predicted octanol–water partition coefficient (Wildman–Crippen LogP) is 4.40. The number of rotatable bonds is 2. The number of fused-ring (bicyclic) bond motifs is 1. The van der Waals surface area contributed by atoms with Gasteiger partial charge in [-0.2, -0.15) is 0 Å². The molecule has 0 aromatic heterocycles. The van der Waals surface area contributed by atoms with Gasteiger partial charge in [0.1, 0.15) is 0 Å². The van der Waals surface area contributed by atoms with Crippen molar-refractivity contribution in [3.8, 4) is 0 Å². The Hall–Kier alpha value is -2.06. The summed E-state index contributed by atoms with van der Waals surface area (Å²) in [7, 11) is 0. The van der Waals surface area contributed by atoms with E-state index in [4.69, 9.17) is 11.6 Å². The van der Waals surface area contributed by atoms with Gasteiger partial charge in [0.2, 0.25) is 5.91 Å². The van der Waals surface area contributed by atoms with Gasteiger partial charge >= 0.3 is 0 Å². The van der Waals surface area contributed by atoms with Crippen LogP contribution in [0.25, 0.3) is 12.2 Å². The molecule has 2 nitrogen and oxygen atoms in total. The van der Waals surface area contributed by atoms with Crippen LogP contribution in [-0.2, 0) is 11.2 Å². The van der Waals surface area contributed by atoms with E-state index in [1.54, 1.807) is 0 Å². The average Bonchev–Trinajstić information content (AvgIpc) is 2.46. The van der Waals surface area contributed by atoms with Crippen molar-refractivity contribution < 1.29 is 4.79 Å². The number of benzene rings is 2. The molecule has 0 fully saturated rings. The lowest BCUT2D eigenvalue weighted by Gasteiger charge is -2.17. The Balaban J connectivity index is 1.92. The van der Waals surface area contributed by atoms with Crippen LogP contribution >= 0.6 is 11.6 Å². The molecule has 1 N–H and O–H groups in total. The van der Waals surface area contributed by atoms with E-state index >= 15 is 0 Å². The lowest BCUT2D eigenvalue weighted by Crippen LogP contribution is -2.18. The van der Waals surface area contributed by atoms with Crippen molar-refractivity contribution in [2.45, 2.75) is 12.8 Å². The fourth-order valence-corrected chi connectivity index (χ4v) is 2.54. The van der Waals surface area contributed by atoms with Gasteiger partial charge in [0.05, 0.1) is 0 Å². The second kappa shape index (κ2) is 5.51. The second-order valence-electron chi connectivity index (χ2n) is 4.82. The number of hydrogen-bond acceptors (Lipinski definition) is 1. The van der Waals surface area contributed by atoms with Crippen LogP contribution in [0.15, 0.2) is 42.5 Å². The van der Waals surface area contributed by atoms with Crippen LogP contribution in [0.5, 0.6) is 0 Å². The molecule has 2 aromatic rings. The molecule has 0 aliphatic carbocycles. The SMILES string of the molecule is O=C1CCc2cc(Cl)c(C=Cc3ccccc3)cc2N1. The maximum atomic E-state index is 11.4. The summed E-state index contributed by atoms with van der Waals surface area (Å²) in [6, 6.07) is 13.9. The van der Waals surface area contributed by atoms with Gasteiger partial charge in [0, 0.05) is 17.1 Å². The molecule has 0 saturated carbocycles. The summed E-state index contributed by atoms with van der Waals surface area (Å²) in [5.74, 6) is 0.0674. The van der Waals surface area contributed by atoms with Crippen LogP contribution in [0.4, 0.5) is 5.69 Å². The monoisotopic (exact) mass is 283 g/mol. The van der Waals surface area contributed by atoms with Crippen molar-refractivity contribution in [2.75, 3.05) is 5.32 Å². The fourth-order valence-electron chi connectivity index (χ4n) is 2.29. The first-order valence-electron chi connectivity index (χ1n) is 6.58. The van der Waals surface area contributed by atoms with E-state index in [0.717, 1.165) is 28.8 Å². The Morgan fingerprint density at radius 2 is 1.85 bits per heavy atom. The zero-order valence-corrected chi connectivity index (χ0v) is 11.7. The van der Waals surface area contributed by atoms with Gasteiger partial charge in [-0.1, -0.05) is 54.1 Å². The lowest BCUT2D eigenvalue weighted by atomic mass is 10.0. The molecule has 2 aromatic carbocycles. The number of carbonyl (C=O) groups is 1. The fraction of sp³-hybridized carbons (Fsp3) is 0.118. The third-order valence-corrected chi connectivity index (χ3v) is 3.70. The number of anilines is 1. The van der Waals surface area contributed by atoms with Gasteiger partial charge in [0.25, 0.3) is 0 Å². The summed E-state index contributed by atoms with van der Waals surface area (Å²) in [5, 5.41) is 3.61. The molecule has 100 valence electrons. The molecule has 20 heavy (non-hydrogen) atoms. The minimum absolute atomic E-state index is 0.0674. The molecule has 0 spiro atoms. The van der Waals surface area contributed by atoms with Gasteiger partial charge < -0.3 is 5.32 Å². The van der Waals surface area contributed by atoms with E-state index in [2.05, 4.69) is 5.32 Å². The van der Waals surface area contributed by atoms with Crippen LogP contribution in [0.1, 0.15) is 23.1 Å². The third-order valence-electron chi connectivity index (χ3n) is 3.37. The van der Waals surface area contributed by atoms with Gasteiger partial charge in [-0.3, -0.25) is 4.79 Å². The van der Waals surface area contributed by atoms with Crippen molar-refractivity contribution in [1.29, 1.82) is 0 Å². The topological polar surface area (TPSA) is 29.1 Å². The summed E-state index contributed by atoms with van der Waals surface area (Å²) in [4.78, 5) is 11.4. The highest BCUT2D eigenvalue weighted by Gasteiger charge is 2.16. The molecule has 0 bridgehead atoms. The molecule has 3 heteroatoms. The van der Waals surface area contributed by atoms with Gasteiger partial charge in [-0.25, -0.2) is 0 Å². The van der Waals surface area contributed by atoms with E-state index in [0.29, 0.717) is 11.4 Å². The molecule has 0 radical (unpaired) electrons. The summed E-state index contributed by atoms with van der Waals surface area (Å²) in [5.41, 5.74) is 4.01. The minimum atomic E-state index is 0.0674.